The number of nitrogens with zero attached hydrogens (tertiary/aromatic N) is 4. The van der Waals surface area contributed by atoms with Crippen molar-refractivity contribution in [2.75, 3.05) is 17.2 Å². The number of hydrogen-bond donors (Lipinski definition) is 2. The summed E-state index contributed by atoms with van der Waals surface area (Å²) in [6.45, 7) is 6.49. The second-order valence-corrected chi connectivity index (χ2v) is 7.22. The van der Waals surface area contributed by atoms with Crippen molar-refractivity contribution in [1.82, 2.24) is 20.2 Å². The van der Waals surface area contributed by atoms with Gasteiger partial charge < -0.3 is 15.4 Å². The largest absolute Gasteiger partial charge is 0.493 e. The normalized spacial score (nSPS) is 15.4. The molecule has 8 nitrogen and oxygen atoms in total. The third kappa shape index (κ3) is 3.76. The van der Waals surface area contributed by atoms with Crippen LogP contribution in [0.1, 0.15) is 37.4 Å². The van der Waals surface area contributed by atoms with E-state index in [1.807, 2.05) is 62.4 Å². The van der Waals surface area contributed by atoms with Crippen LogP contribution in [-0.4, -0.2) is 32.7 Å². The van der Waals surface area contributed by atoms with E-state index in [4.69, 9.17) is 4.74 Å². The topological polar surface area (TPSA) is 94.0 Å². The number of allylic oxidation sites excluding steroid dienone is 1. The van der Waals surface area contributed by atoms with Gasteiger partial charge in [-0.3, -0.25) is 4.79 Å². The van der Waals surface area contributed by atoms with E-state index in [0.717, 1.165) is 23.2 Å². The monoisotopic (exact) mass is 404 g/mol. The molecule has 0 radical (unpaired) electrons. The molecule has 1 amide bonds. The minimum absolute atomic E-state index is 0.222. The SMILES string of the molecule is CCCOc1ccccc1C1C(C(=O)Nc2ccc(C)cc2)=C(C)Nc2nnnn21. The lowest BCUT2D eigenvalue weighted by Crippen LogP contribution is -2.31. The molecule has 154 valence electrons. The van der Waals surface area contributed by atoms with Crippen LogP contribution in [0.3, 0.4) is 0 Å². The van der Waals surface area contributed by atoms with Crippen LogP contribution in [-0.2, 0) is 4.79 Å². The number of carbonyl (C=O) groups is 1. The summed E-state index contributed by atoms with van der Waals surface area (Å²) in [6, 6.07) is 14.9. The number of fused-ring (bicyclic) bond motifs is 1. The Hall–Kier alpha value is -3.68. The molecule has 1 aliphatic heterocycles. The van der Waals surface area contributed by atoms with Crippen LogP contribution < -0.4 is 15.4 Å². The molecule has 2 heterocycles. The highest BCUT2D eigenvalue weighted by Gasteiger charge is 2.35. The Kier molecular flexibility index (Phi) is 5.47. The fraction of sp³-hybridized carbons (Fsp3) is 0.273. The highest BCUT2D eigenvalue weighted by atomic mass is 16.5. The molecule has 30 heavy (non-hydrogen) atoms. The van der Waals surface area contributed by atoms with Crippen molar-refractivity contribution in [3.05, 3.63) is 70.9 Å². The van der Waals surface area contributed by atoms with Crippen LogP contribution >= 0.6 is 0 Å². The van der Waals surface area contributed by atoms with Crippen molar-refractivity contribution < 1.29 is 9.53 Å². The number of hydrogen-bond acceptors (Lipinski definition) is 6. The Morgan fingerprint density at radius 3 is 2.70 bits per heavy atom. The van der Waals surface area contributed by atoms with Gasteiger partial charge in [0.25, 0.3) is 5.91 Å². The van der Waals surface area contributed by atoms with Gasteiger partial charge in [-0.25, -0.2) is 0 Å². The Morgan fingerprint density at radius 1 is 1.17 bits per heavy atom. The Balaban J connectivity index is 1.76. The quantitative estimate of drug-likeness (QED) is 0.651. The summed E-state index contributed by atoms with van der Waals surface area (Å²) in [6.07, 6.45) is 0.881. The van der Waals surface area contributed by atoms with Gasteiger partial charge in [0.05, 0.1) is 12.2 Å². The minimum Gasteiger partial charge on any atom is -0.493 e. The molecule has 0 saturated heterocycles. The summed E-state index contributed by atoms with van der Waals surface area (Å²) in [5.41, 5.74) is 3.90. The molecule has 0 aliphatic carbocycles. The predicted octanol–water partition coefficient (Wildman–Crippen LogP) is 3.70. The average molecular weight is 404 g/mol. The molecule has 1 aromatic heterocycles. The van der Waals surface area contributed by atoms with E-state index in [-0.39, 0.29) is 5.91 Å². The zero-order valence-corrected chi connectivity index (χ0v) is 17.2. The first-order valence-corrected chi connectivity index (χ1v) is 9.94. The number of rotatable bonds is 6. The molecular formula is C22H24N6O2. The molecule has 2 aromatic carbocycles. The summed E-state index contributed by atoms with van der Waals surface area (Å²) >= 11 is 0. The molecular weight excluding hydrogens is 380 g/mol. The van der Waals surface area contributed by atoms with E-state index in [9.17, 15) is 4.79 Å². The molecule has 8 heteroatoms. The van der Waals surface area contributed by atoms with Crippen molar-refractivity contribution in [2.45, 2.75) is 33.2 Å². The second-order valence-electron chi connectivity index (χ2n) is 7.22. The van der Waals surface area contributed by atoms with E-state index in [0.29, 0.717) is 29.6 Å². The third-order valence-corrected chi connectivity index (χ3v) is 4.94. The average Bonchev–Trinajstić information content (AvgIpc) is 3.21. The fourth-order valence-corrected chi connectivity index (χ4v) is 3.48. The number of aryl methyl sites for hydroxylation is 1. The van der Waals surface area contributed by atoms with E-state index < -0.39 is 6.04 Å². The van der Waals surface area contributed by atoms with Crippen molar-refractivity contribution in [2.24, 2.45) is 0 Å². The van der Waals surface area contributed by atoms with Crippen LogP contribution in [0, 0.1) is 6.92 Å². The highest BCUT2D eigenvalue weighted by molar-refractivity contribution is 6.06. The van der Waals surface area contributed by atoms with E-state index in [1.54, 1.807) is 4.68 Å². The van der Waals surface area contributed by atoms with E-state index in [1.165, 1.54) is 0 Å². The number of ether oxygens (including phenoxy) is 1. The van der Waals surface area contributed by atoms with Crippen LogP contribution in [0.2, 0.25) is 0 Å². The molecule has 1 unspecified atom stereocenters. The van der Waals surface area contributed by atoms with Crippen LogP contribution in [0.15, 0.2) is 59.8 Å². The lowest BCUT2D eigenvalue weighted by atomic mass is 9.94. The van der Waals surface area contributed by atoms with Crippen LogP contribution in [0.25, 0.3) is 0 Å². The molecule has 0 spiro atoms. The minimum atomic E-state index is -0.519. The number of anilines is 2. The zero-order valence-electron chi connectivity index (χ0n) is 17.2. The van der Waals surface area contributed by atoms with Gasteiger partial charge in [0.1, 0.15) is 11.8 Å². The first-order chi connectivity index (χ1) is 14.6. The first kappa shape index (κ1) is 19.6. The van der Waals surface area contributed by atoms with Gasteiger partial charge in [-0.1, -0.05) is 47.9 Å². The number of tetrazole rings is 1. The summed E-state index contributed by atoms with van der Waals surface area (Å²) in [5, 5.41) is 18.1. The molecule has 1 atom stereocenters. The second kappa shape index (κ2) is 8.36. The maximum atomic E-state index is 13.4. The number of aromatic nitrogens is 4. The fourth-order valence-electron chi connectivity index (χ4n) is 3.48. The molecule has 0 bridgehead atoms. The zero-order chi connectivity index (χ0) is 21.1. The number of para-hydroxylation sites is 1. The van der Waals surface area contributed by atoms with Gasteiger partial charge in [0.15, 0.2) is 0 Å². The van der Waals surface area contributed by atoms with Gasteiger partial charge in [-0.2, -0.15) is 4.68 Å². The van der Waals surface area contributed by atoms with Gasteiger partial charge in [0.2, 0.25) is 5.95 Å². The molecule has 4 rings (SSSR count). The van der Waals surface area contributed by atoms with Gasteiger partial charge in [-0.15, -0.1) is 0 Å². The first-order valence-electron chi connectivity index (χ1n) is 9.94. The number of amides is 1. The van der Waals surface area contributed by atoms with Crippen molar-refractivity contribution in [3.8, 4) is 5.75 Å². The van der Waals surface area contributed by atoms with E-state index >= 15 is 0 Å². The number of carbonyl (C=O) groups excluding carboxylic acids is 1. The Morgan fingerprint density at radius 2 is 1.93 bits per heavy atom. The summed E-state index contributed by atoms with van der Waals surface area (Å²) in [5.74, 6) is 0.969. The molecule has 3 aromatic rings. The molecule has 2 N–H and O–H groups in total. The van der Waals surface area contributed by atoms with Crippen molar-refractivity contribution in [1.29, 1.82) is 0 Å². The Bertz CT molecular complexity index is 1090. The molecule has 0 saturated carbocycles. The third-order valence-electron chi connectivity index (χ3n) is 4.94. The number of nitrogens with one attached hydrogen (secondary N) is 2. The summed E-state index contributed by atoms with van der Waals surface area (Å²) in [7, 11) is 0. The van der Waals surface area contributed by atoms with Crippen LogP contribution in [0.4, 0.5) is 11.6 Å². The highest BCUT2D eigenvalue weighted by Crippen LogP contribution is 2.38. The van der Waals surface area contributed by atoms with Gasteiger partial charge in [-0.05, 0) is 48.9 Å². The summed E-state index contributed by atoms with van der Waals surface area (Å²) in [4.78, 5) is 13.4. The lowest BCUT2D eigenvalue weighted by Gasteiger charge is -2.29. The van der Waals surface area contributed by atoms with E-state index in [2.05, 4.69) is 33.1 Å². The maximum Gasteiger partial charge on any atom is 0.255 e. The number of benzene rings is 2. The Labute approximate surface area is 174 Å². The predicted molar refractivity (Wildman–Crippen MR) is 114 cm³/mol. The smallest absolute Gasteiger partial charge is 0.255 e. The standard InChI is InChI=1S/C22H24N6O2/c1-4-13-30-18-8-6-5-7-17(18)20-19(15(3)23-22-25-26-27-28(20)22)21(29)24-16-11-9-14(2)10-12-16/h5-12,20H,4,13H2,1-3H3,(H,24,29)(H,23,25,27). The van der Waals surface area contributed by atoms with Crippen molar-refractivity contribution >= 4 is 17.5 Å². The summed E-state index contributed by atoms with van der Waals surface area (Å²) < 4.78 is 7.59. The van der Waals surface area contributed by atoms with Crippen molar-refractivity contribution in [3.63, 3.8) is 0 Å². The lowest BCUT2D eigenvalue weighted by molar-refractivity contribution is -0.113. The van der Waals surface area contributed by atoms with Gasteiger partial charge in [0, 0.05) is 16.9 Å². The maximum absolute atomic E-state index is 13.4. The van der Waals surface area contributed by atoms with Gasteiger partial charge >= 0.3 is 0 Å². The molecule has 1 aliphatic rings. The van der Waals surface area contributed by atoms with Crippen LogP contribution in [0.5, 0.6) is 5.75 Å². The molecule has 0 fully saturated rings.